The molecule has 0 saturated heterocycles. The number of esters is 1. The lowest BCUT2D eigenvalue weighted by molar-refractivity contribution is -0.136. The number of ether oxygens (including phenoxy) is 1. The van der Waals surface area contributed by atoms with Gasteiger partial charge in [-0.15, -0.1) is 0 Å². The lowest BCUT2D eigenvalue weighted by Gasteiger charge is -2.29. The Morgan fingerprint density at radius 2 is 2.17 bits per heavy atom. The molecule has 0 aromatic carbocycles. The SMILES string of the molecule is CC1(C)CCCC2=C1C(=O)OC2. The van der Waals surface area contributed by atoms with Gasteiger partial charge in [0.1, 0.15) is 6.61 Å². The fraction of sp³-hybridized carbons (Fsp3) is 0.700. The van der Waals surface area contributed by atoms with Crippen molar-refractivity contribution in [3.05, 3.63) is 11.1 Å². The quantitative estimate of drug-likeness (QED) is 0.515. The molecule has 0 unspecified atom stereocenters. The molecule has 1 aliphatic carbocycles. The van der Waals surface area contributed by atoms with E-state index < -0.39 is 0 Å². The van der Waals surface area contributed by atoms with Crippen LogP contribution in [0.15, 0.2) is 11.1 Å². The lowest BCUT2D eigenvalue weighted by Crippen LogP contribution is -2.23. The summed E-state index contributed by atoms with van der Waals surface area (Å²) in [6, 6.07) is 0. The Kier molecular flexibility index (Phi) is 1.53. The fourth-order valence-electron chi connectivity index (χ4n) is 2.26. The molecule has 0 bridgehead atoms. The van der Waals surface area contributed by atoms with Crippen molar-refractivity contribution in [3.8, 4) is 0 Å². The van der Waals surface area contributed by atoms with Crippen LogP contribution in [0.4, 0.5) is 0 Å². The van der Waals surface area contributed by atoms with Gasteiger partial charge < -0.3 is 4.74 Å². The van der Waals surface area contributed by atoms with E-state index in [1.54, 1.807) is 0 Å². The molecule has 2 aliphatic rings. The number of carbonyl (C=O) groups excluding carboxylic acids is 1. The summed E-state index contributed by atoms with van der Waals surface area (Å²) in [7, 11) is 0. The molecule has 0 radical (unpaired) electrons. The summed E-state index contributed by atoms with van der Waals surface area (Å²) in [4.78, 5) is 11.3. The van der Waals surface area contributed by atoms with E-state index in [0.717, 1.165) is 18.4 Å². The lowest BCUT2D eigenvalue weighted by atomic mass is 9.73. The molecule has 0 saturated carbocycles. The van der Waals surface area contributed by atoms with Crippen LogP contribution in [0.5, 0.6) is 0 Å². The second kappa shape index (κ2) is 2.35. The second-order valence-corrected chi connectivity index (χ2v) is 4.29. The van der Waals surface area contributed by atoms with Crippen LogP contribution in [0, 0.1) is 5.41 Å². The normalized spacial score (nSPS) is 27.0. The maximum absolute atomic E-state index is 11.3. The van der Waals surface area contributed by atoms with E-state index in [9.17, 15) is 4.79 Å². The summed E-state index contributed by atoms with van der Waals surface area (Å²) in [5.41, 5.74) is 2.27. The number of carbonyl (C=O) groups is 1. The molecule has 0 N–H and O–H groups in total. The Morgan fingerprint density at radius 1 is 1.42 bits per heavy atom. The van der Waals surface area contributed by atoms with Crippen LogP contribution in [0.25, 0.3) is 0 Å². The average Bonchev–Trinajstić information content (AvgIpc) is 2.32. The first-order valence-electron chi connectivity index (χ1n) is 4.51. The van der Waals surface area contributed by atoms with E-state index in [1.165, 1.54) is 12.0 Å². The first kappa shape index (κ1) is 7.84. The predicted octanol–water partition coefficient (Wildman–Crippen LogP) is 2.05. The van der Waals surface area contributed by atoms with Crippen molar-refractivity contribution in [3.63, 3.8) is 0 Å². The van der Waals surface area contributed by atoms with Gasteiger partial charge in [0.15, 0.2) is 0 Å². The average molecular weight is 166 g/mol. The molecule has 0 fully saturated rings. The van der Waals surface area contributed by atoms with Gasteiger partial charge in [0, 0.05) is 5.57 Å². The minimum atomic E-state index is -0.0744. The van der Waals surface area contributed by atoms with Gasteiger partial charge in [0.2, 0.25) is 0 Å². The molecule has 12 heavy (non-hydrogen) atoms. The van der Waals surface area contributed by atoms with Crippen LogP contribution in [-0.4, -0.2) is 12.6 Å². The third kappa shape index (κ3) is 0.977. The Morgan fingerprint density at radius 3 is 2.83 bits per heavy atom. The Bertz CT molecular complexity index is 261. The molecule has 0 atom stereocenters. The third-order valence-corrected chi connectivity index (χ3v) is 2.89. The molecule has 66 valence electrons. The largest absolute Gasteiger partial charge is 0.458 e. The fourth-order valence-corrected chi connectivity index (χ4v) is 2.26. The predicted molar refractivity (Wildman–Crippen MR) is 45.6 cm³/mol. The molecule has 2 nitrogen and oxygen atoms in total. The Hall–Kier alpha value is -0.790. The van der Waals surface area contributed by atoms with Crippen molar-refractivity contribution >= 4 is 5.97 Å². The van der Waals surface area contributed by atoms with Crippen LogP contribution < -0.4 is 0 Å². The zero-order chi connectivity index (χ0) is 8.77. The zero-order valence-corrected chi connectivity index (χ0v) is 7.64. The van der Waals surface area contributed by atoms with Crippen LogP contribution in [0.3, 0.4) is 0 Å². The van der Waals surface area contributed by atoms with Crippen molar-refractivity contribution in [2.75, 3.05) is 6.61 Å². The standard InChI is InChI=1S/C10H14O2/c1-10(2)5-3-4-7-6-12-9(11)8(7)10/h3-6H2,1-2H3. The molecule has 0 aromatic rings. The number of cyclic esters (lactones) is 1. The van der Waals surface area contributed by atoms with Gasteiger partial charge >= 0.3 is 5.97 Å². The van der Waals surface area contributed by atoms with Crippen LogP contribution in [0.2, 0.25) is 0 Å². The smallest absolute Gasteiger partial charge is 0.334 e. The molecule has 0 aromatic heterocycles. The van der Waals surface area contributed by atoms with Gasteiger partial charge in [-0.25, -0.2) is 4.79 Å². The minimum absolute atomic E-state index is 0.0567. The molecule has 1 aliphatic heterocycles. The highest BCUT2D eigenvalue weighted by atomic mass is 16.5. The summed E-state index contributed by atoms with van der Waals surface area (Å²) >= 11 is 0. The number of hydrogen-bond donors (Lipinski definition) is 0. The summed E-state index contributed by atoms with van der Waals surface area (Å²) < 4.78 is 5.02. The van der Waals surface area contributed by atoms with Crippen molar-refractivity contribution in [2.24, 2.45) is 5.41 Å². The molecule has 2 heteroatoms. The van der Waals surface area contributed by atoms with E-state index in [4.69, 9.17) is 4.74 Å². The second-order valence-electron chi connectivity index (χ2n) is 4.29. The van der Waals surface area contributed by atoms with Gasteiger partial charge in [-0.05, 0) is 30.3 Å². The summed E-state index contributed by atoms with van der Waals surface area (Å²) in [6.45, 7) is 4.82. The van der Waals surface area contributed by atoms with Crippen molar-refractivity contribution < 1.29 is 9.53 Å². The summed E-state index contributed by atoms with van der Waals surface area (Å²) in [6.07, 6.45) is 3.37. The highest BCUT2D eigenvalue weighted by Crippen LogP contribution is 2.43. The number of hydrogen-bond acceptors (Lipinski definition) is 2. The van der Waals surface area contributed by atoms with Crippen LogP contribution in [-0.2, 0) is 9.53 Å². The first-order chi connectivity index (χ1) is 5.61. The maximum Gasteiger partial charge on any atom is 0.334 e. The molecular weight excluding hydrogens is 152 g/mol. The van der Waals surface area contributed by atoms with Crippen LogP contribution >= 0.6 is 0 Å². The van der Waals surface area contributed by atoms with E-state index in [-0.39, 0.29) is 11.4 Å². The topological polar surface area (TPSA) is 26.3 Å². The van der Waals surface area contributed by atoms with Gasteiger partial charge in [-0.2, -0.15) is 0 Å². The highest BCUT2D eigenvalue weighted by molar-refractivity contribution is 5.93. The van der Waals surface area contributed by atoms with Crippen molar-refractivity contribution in [1.29, 1.82) is 0 Å². The molecular formula is C10H14O2. The summed E-state index contributed by atoms with van der Waals surface area (Å²) in [5.74, 6) is -0.0744. The van der Waals surface area contributed by atoms with Crippen molar-refractivity contribution in [1.82, 2.24) is 0 Å². The van der Waals surface area contributed by atoms with Crippen LogP contribution in [0.1, 0.15) is 33.1 Å². The van der Waals surface area contributed by atoms with Crippen molar-refractivity contribution in [2.45, 2.75) is 33.1 Å². The third-order valence-electron chi connectivity index (χ3n) is 2.89. The van der Waals surface area contributed by atoms with Gasteiger partial charge in [-0.3, -0.25) is 0 Å². The minimum Gasteiger partial charge on any atom is -0.458 e. The van der Waals surface area contributed by atoms with E-state index in [2.05, 4.69) is 13.8 Å². The van der Waals surface area contributed by atoms with E-state index in [1.807, 2.05) is 0 Å². The number of rotatable bonds is 0. The molecule has 1 heterocycles. The summed E-state index contributed by atoms with van der Waals surface area (Å²) in [5, 5.41) is 0. The monoisotopic (exact) mass is 166 g/mol. The Balaban J connectivity index is 2.43. The van der Waals surface area contributed by atoms with Gasteiger partial charge in [0.05, 0.1) is 0 Å². The van der Waals surface area contributed by atoms with E-state index >= 15 is 0 Å². The highest BCUT2D eigenvalue weighted by Gasteiger charge is 2.38. The zero-order valence-electron chi connectivity index (χ0n) is 7.64. The van der Waals surface area contributed by atoms with E-state index in [0.29, 0.717) is 6.61 Å². The van der Waals surface area contributed by atoms with Gasteiger partial charge in [-0.1, -0.05) is 13.8 Å². The molecule has 2 rings (SSSR count). The van der Waals surface area contributed by atoms with Gasteiger partial charge in [0.25, 0.3) is 0 Å². The Labute approximate surface area is 72.6 Å². The molecule has 0 amide bonds. The molecule has 0 spiro atoms. The maximum atomic E-state index is 11.3. The first-order valence-corrected chi connectivity index (χ1v) is 4.51.